The van der Waals surface area contributed by atoms with Crippen LogP contribution in [-0.4, -0.2) is 44.8 Å². The van der Waals surface area contributed by atoms with Crippen molar-refractivity contribution in [2.45, 2.75) is 19.0 Å². The molecule has 0 saturated heterocycles. The lowest BCUT2D eigenvalue weighted by atomic mass is 10.00. The molecule has 0 fully saturated rings. The Morgan fingerprint density at radius 1 is 0.972 bits per heavy atom. The van der Waals surface area contributed by atoms with E-state index in [1.807, 2.05) is 18.2 Å². The maximum absolute atomic E-state index is 13.4. The minimum Gasteiger partial charge on any atom is -0.493 e. The lowest BCUT2D eigenvalue weighted by molar-refractivity contribution is -0.117. The molecule has 2 heterocycles. The van der Waals surface area contributed by atoms with Gasteiger partial charge in [0.05, 0.1) is 33.8 Å². The molecule has 5 rings (SSSR count). The third-order valence-electron chi connectivity index (χ3n) is 6.33. The summed E-state index contributed by atoms with van der Waals surface area (Å²) >= 11 is 0. The van der Waals surface area contributed by atoms with Gasteiger partial charge in [0.1, 0.15) is 0 Å². The van der Waals surface area contributed by atoms with Gasteiger partial charge in [0.25, 0.3) is 5.91 Å². The van der Waals surface area contributed by atoms with Crippen molar-refractivity contribution in [1.29, 1.82) is 0 Å². The molecule has 0 aliphatic carbocycles. The number of benzene rings is 3. The standard InChI is InChI=1S/C27H26N2O7/c1-32-23-10-17(11-24(33-2)26(23)34-3)20(29-14-16-6-4-5-7-19(16)27(29)31)13-25(30)28-18-8-9-21-22(12-18)36-15-35-21/h4-12,20H,13-15H2,1-3H3,(H,28,30). The number of anilines is 1. The number of nitrogens with one attached hydrogen (secondary N) is 1. The first-order chi connectivity index (χ1) is 17.5. The molecule has 186 valence electrons. The van der Waals surface area contributed by atoms with Crippen LogP contribution in [0, 0.1) is 0 Å². The maximum atomic E-state index is 13.4. The van der Waals surface area contributed by atoms with Crippen LogP contribution in [0.4, 0.5) is 5.69 Å². The quantitative estimate of drug-likeness (QED) is 0.506. The van der Waals surface area contributed by atoms with Gasteiger partial charge in [-0.05, 0) is 41.5 Å². The van der Waals surface area contributed by atoms with Crippen molar-refractivity contribution in [1.82, 2.24) is 4.90 Å². The zero-order chi connectivity index (χ0) is 25.2. The average Bonchev–Trinajstić information content (AvgIpc) is 3.50. The fraction of sp³-hybridized carbons (Fsp3) is 0.259. The van der Waals surface area contributed by atoms with Crippen LogP contribution in [-0.2, 0) is 11.3 Å². The van der Waals surface area contributed by atoms with E-state index in [4.69, 9.17) is 23.7 Å². The number of hydrogen-bond acceptors (Lipinski definition) is 7. The fourth-order valence-corrected chi connectivity index (χ4v) is 4.59. The van der Waals surface area contributed by atoms with Gasteiger partial charge in [-0.2, -0.15) is 0 Å². The molecule has 3 aromatic carbocycles. The SMILES string of the molecule is COc1cc(C(CC(=O)Nc2ccc3c(c2)OCO3)N2Cc3ccccc3C2=O)cc(OC)c1OC. The van der Waals surface area contributed by atoms with E-state index < -0.39 is 6.04 Å². The third-order valence-corrected chi connectivity index (χ3v) is 6.33. The summed E-state index contributed by atoms with van der Waals surface area (Å²) < 4.78 is 27.3. The molecule has 3 aromatic rings. The Balaban J connectivity index is 1.48. The monoisotopic (exact) mass is 490 g/mol. The molecule has 0 saturated carbocycles. The van der Waals surface area contributed by atoms with Gasteiger partial charge < -0.3 is 33.9 Å². The van der Waals surface area contributed by atoms with Gasteiger partial charge in [0.2, 0.25) is 18.4 Å². The number of carbonyl (C=O) groups excluding carboxylic acids is 2. The first kappa shape index (κ1) is 23.3. The van der Waals surface area contributed by atoms with Crippen molar-refractivity contribution < 1.29 is 33.3 Å². The Bertz CT molecular complexity index is 1300. The highest BCUT2D eigenvalue weighted by molar-refractivity contribution is 5.99. The Kier molecular flexibility index (Phi) is 6.28. The fourth-order valence-electron chi connectivity index (χ4n) is 4.59. The molecule has 2 aliphatic heterocycles. The topological polar surface area (TPSA) is 95.6 Å². The van der Waals surface area contributed by atoms with Crippen molar-refractivity contribution in [2.75, 3.05) is 33.4 Å². The summed E-state index contributed by atoms with van der Waals surface area (Å²) in [5, 5.41) is 2.91. The highest BCUT2D eigenvalue weighted by Crippen LogP contribution is 2.43. The van der Waals surface area contributed by atoms with E-state index in [9.17, 15) is 9.59 Å². The second-order valence-corrected chi connectivity index (χ2v) is 8.39. The highest BCUT2D eigenvalue weighted by atomic mass is 16.7. The molecule has 0 spiro atoms. The molecule has 0 bridgehead atoms. The summed E-state index contributed by atoms with van der Waals surface area (Å²) in [6, 6.07) is 15.6. The Labute approximate surface area is 208 Å². The summed E-state index contributed by atoms with van der Waals surface area (Å²) in [5.41, 5.74) is 2.80. The van der Waals surface area contributed by atoms with Gasteiger partial charge in [0, 0.05) is 23.9 Å². The zero-order valence-electron chi connectivity index (χ0n) is 20.2. The lowest BCUT2D eigenvalue weighted by Crippen LogP contribution is -2.32. The van der Waals surface area contributed by atoms with E-state index in [-0.39, 0.29) is 25.0 Å². The van der Waals surface area contributed by atoms with Gasteiger partial charge in [0.15, 0.2) is 23.0 Å². The number of nitrogens with zero attached hydrogens (tertiary/aromatic N) is 1. The molecule has 1 unspecified atom stereocenters. The number of amides is 2. The first-order valence-electron chi connectivity index (χ1n) is 11.4. The van der Waals surface area contributed by atoms with E-state index in [2.05, 4.69) is 5.32 Å². The smallest absolute Gasteiger partial charge is 0.255 e. The highest BCUT2D eigenvalue weighted by Gasteiger charge is 2.35. The summed E-state index contributed by atoms with van der Waals surface area (Å²) in [6.45, 7) is 0.529. The molecular weight excluding hydrogens is 464 g/mol. The van der Waals surface area contributed by atoms with Crippen LogP contribution in [0.1, 0.15) is 33.9 Å². The van der Waals surface area contributed by atoms with Crippen molar-refractivity contribution >= 4 is 17.5 Å². The number of ether oxygens (including phenoxy) is 5. The van der Waals surface area contributed by atoms with Crippen LogP contribution >= 0.6 is 0 Å². The molecule has 2 amide bonds. The molecule has 0 aromatic heterocycles. The average molecular weight is 491 g/mol. The number of methoxy groups -OCH3 is 3. The Hall–Kier alpha value is -4.40. The largest absolute Gasteiger partial charge is 0.493 e. The summed E-state index contributed by atoms with van der Waals surface area (Å²) in [6.07, 6.45) is 0.00675. The lowest BCUT2D eigenvalue weighted by Gasteiger charge is -2.29. The predicted molar refractivity (Wildman–Crippen MR) is 131 cm³/mol. The van der Waals surface area contributed by atoms with E-state index in [1.165, 1.54) is 21.3 Å². The zero-order valence-corrected chi connectivity index (χ0v) is 20.2. The number of fused-ring (bicyclic) bond motifs is 2. The predicted octanol–water partition coefficient (Wildman–Crippen LogP) is 4.17. The van der Waals surface area contributed by atoms with Crippen LogP contribution < -0.4 is 29.0 Å². The first-order valence-corrected chi connectivity index (χ1v) is 11.4. The van der Waals surface area contributed by atoms with Crippen molar-refractivity contribution in [2.24, 2.45) is 0 Å². The summed E-state index contributed by atoms with van der Waals surface area (Å²) in [7, 11) is 4.58. The van der Waals surface area contributed by atoms with Crippen LogP contribution in [0.2, 0.25) is 0 Å². The maximum Gasteiger partial charge on any atom is 0.255 e. The molecule has 9 nitrogen and oxygen atoms in total. The third kappa shape index (κ3) is 4.24. The van der Waals surface area contributed by atoms with Gasteiger partial charge in [-0.3, -0.25) is 9.59 Å². The van der Waals surface area contributed by atoms with Crippen LogP contribution in [0.25, 0.3) is 0 Å². The Morgan fingerprint density at radius 2 is 1.69 bits per heavy atom. The minimum absolute atomic E-state index is 0.00675. The van der Waals surface area contributed by atoms with E-state index >= 15 is 0 Å². The van der Waals surface area contributed by atoms with Gasteiger partial charge in [-0.15, -0.1) is 0 Å². The van der Waals surface area contributed by atoms with Gasteiger partial charge in [-0.1, -0.05) is 18.2 Å². The molecule has 1 N–H and O–H groups in total. The van der Waals surface area contributed by atoms with Gasteiger partial charge >= 0.3 is 0 Å². The van der Waals surface area contributed by atoms with Crippen molar-refractivity contribution in [3.8, 4) is 28.7 Å². The Morgan fingerprint density at radius 3 is 2.39 bits per heavy atom. The van der Waals surface area contributed by atoms with Gasteiger partial charge in [-0.25, -0.2) is 0 Å². The number of carbonyl (C=O) groups is 2. The molecule has 1 atom stereocenters. The van der Waals surface area contributed by atoms with E-state index in [1.54, 1.807) is 41.3 Å². The summed E-state index contributed by atoms with van der Waals surface area (Å²) in [4.78, 5) is 28.3. The minimum atomic E-state index is -0.590. The number of hydrogen-bond donors (Lipinski definition) is 1. The van der Waals surface area contributed by atoms with Crippen molar-refractivity contribution in [3.63, 3.8) is 0 Å². The molecule has 36 heavy (non-hydrogen) atoms. The number of rotatable bonds is 8. The summed E-state index contributed by atoms with van der Waals surface area (Å²) in [5.74, 6) is 2.11. The van der Waals surface area contributed by atoms with Crippen LogP contribution in [0.5, 0.6) is 28.7 Å². The normalized spacial score (nSPS) is 14.3. The molecular formula is C27H26N2O7. The second kappa shape index (κ2) is 9.69. The van der Waals surface area contributed by atoms with E-state index in [0.717, 1.165) is 5.56 Å². The van der Waals surface area contributed by atoms with E-state index in [0.29, 0.717) is 52.1 Å². The molecule has 2 aliphatic rings. The van der Waals surface area contributed by atoms with Crippen LogP contribution in [0.3, 0.4) is 0 Å². The van der Waals surface area contributed by atoms with Crippen molar-refractivity contribution in [3.05, 3.63) is 71.3 Å². The molecule has 0 radical (unpaired) electrons. The van der Waals surface area contributed by atoms with Crippen LogP contribution in [0.15, 0.2) is 54.6 Å². The molecule has 9 heteroatoms. The second-order valence-electron chi connectivity index (χ2n) is 8.39.